The monoisotopic (exact) mass is 357 g/mol. The van der Waals surface area contributed by atoms with Gasteiger partial charge >= 0.3 is 0 Å². The van der Waals surface area contributed by atoms with Crippen molar-refractivity contribution in [3.8, 4) is 0 Å². The second-order valence-corrected chi connectivity index (χ2v) is 7.42. The Balaban J connectivity index is 2.72. The standard InChI is InChI=1S/C16H28BrN3O/c1-11(2)7-14(19(5)6)9-18-16(21)15-8-13(17)10-20(15)12(3)4/h8,10-12,14H,7,9H2,1-6H3,(H,18,21). The molecule has 21 heavy (non-hydrogen) atoms. The number of amides is 1. The second kappa shape index (κ2) is 7.99. The van der Waals surface area contributed by atoms with Crippen LogP contribution in [-0.4, -0.2) is 42.1 Å². The van der Waals surface area contributed by atoms with Crippen LogP contribution in [0.3, 0.4) is 0 Å². The van der Waals surface area contributed by atoms with Gasteiger partial charge in [-0.15, -0.1) is 0 Å². The number of carbonyl (C=O) groups is 1. The van der Waals surface area contributed by atoms with Gasteiger partial charge in [0.1, 0.15) is 5.69 Å². The predicted octanol–water partition coefficient (Wildman–Crippen LogP) is 3.54. The van der Waals surface area contributed by atoms with Crippen molar-refractivity contribution < 1.29 is 4.79 Å². The summed E-state index contributed by atoms with van der Waals surface area (Å²) in [4.78, 5) is 14.6. The Bertz CT molecular complexity index is 466. The zero-order valence-electron chi connectivity index (χ0n) is 14.0. The molecule has 1 heterocycles. The number of nitrogens with zero attached hydrogens (tertiary/aromatic N) is 2. The fourth-order valence-corrected chi connectivity index (χ4v) is 2.81. The molecule has 0 spiro atoms. The third-order valence-corrected chi connectivity index (χ3v) is 4.01. The highest BCUT2D eigenvalue weighted by molar-refractivity contribution is 9.10. The maximum Gasteiger partial charge on any atom is 0.268 e. The van der Waals surface area contributed by atoms with Crippen LogP contribution in [-0.2, 0) is 0 Å². The minimum Gasteiger partial charge on any atom is -0.349 e. The summed E-state index contributed by atoms with van der Waals surface area (Å²) in [6.45, 7) is 9.23. The molecule has 1 amide bonds. The number of rotatable bonds is 7. The number of hydrogen-bond acceptors (Lipinski definition) is 2. The molecule has 1 rings (SSSR count). The normalized spacial score (nSPS) is 13.2. The highest BCUT2D eigenvalue weighted by atomic mass is 79.9. The van der Waals surface area contributed by atoms with E-state index in [4.69, 9.17) is 0 Å². The molecule has 0 radical (unpaired) electrons. The maximum atomic E-state index is 12.4. The lowest BCUT2D eigenvalue weighted by atomic mass is 10.0. The molecular weight excluding hydrogens is 330 g/mol. The van der Waals surface area contributed by atoms with E-state index in [1.165, 1.54) is 0 Å². The van der Waals surface area contributed by atoms with E-state index >= 15 is 0 Å². The van der Waals surface area contributed by atoms with E-state index < -0.39 is 0 Å². The molecule has 0 bridgehead atoms. The average molecular weight is 358 g/mol. The number of carbonyl (C=O) groups excluding carboxylic acids is 1. The number of halogens is 1. The van der Waals surface area contributed by atoms with E-state index in [2.05, 4.69) is 67.9 Å². The van der Waals surface area contributed by atoms with Gasteiger partial charge in [0, 0.05) is 29.3 Å². The molecule has 0 aromatic carbocycles. The molecular formula is C16H28BrN3O. The molecule has 1 aromatic rings. The fourth-order valence-electron chi connectivity index (χ4n) is 2.38. The number of hydrogen-bond donors (Lipinski definition) is 1. The largest absolute Gasteiger partial charge is 0.349 e. The summed E-state index contributed by atoms with van der Waals surface area (Å²) >= 11 is 3.45. The first-order chi connectivity index (χ1) is 9.72. The molecule has 1 atom stereocenters. The predicted molar refractivity (Wildman–Crippen MR) is 91.8 cm³/mol. The fraction of sp³-hybridized carbons (Fsp3) is 0.688. The van der Waals surface area contributed by atoms with Crippen molar-refractivity contribution in [2.45, 2.75) is 46.2 Å². The van der Waals surface area contributed by atoms with Crippen LogP contribution in [0, 0.1) is 5.92 Å². The van der Waals surface area contributed by atoms with Crippen molar-refractivity contribution in [1.29, 1.82) is 0 Å². The van der Waals surface area contributed by atoms with Gasteiger partial charge in [0.2, 0.25) is 0 Å². The van der Waals surface area contributed by atoms with Gasteiger partial charge in [-0.1, -0.05) is 13.8 Å². The van der Waals surface area contributed by atoms with E-state index in [-0.39, 0.29) is 11.9 Å². The van der Waals surface area contributed by atoms with Crippen LogP contribution in [0.15, 0.2) is 16.7 Å². The Morgan fingerprint density at radius 2 is 1.95 bits per heavy atom. The molecule has 120 valence electrons. The summed E-state index contributed by atoms with van der Waals surface area (Å²) < 4.78 is 2.93. The number of nitrogens with one attached hydrogen (secondary N) is 1. The molecule has 0 fully saturated rings. The molecule has 0 saturated carbocycles. The van der Waals surface area contributed by atoms with Gasteiger partial charge in [-0.3, -0.25) is 4.79 Å². The summed E-state index contributed by atoms with van der Waals surface area (Å²) in [5.41, 5.74) is 0.707. The van der Waals surface area contributed by atoms with Crippen LogP contribution in [0.5, 0.6) is 0 Å². The van der Waals surface area contributed by atoms with Crippen molar-refractivity contribution in [1.82, 2.24) is 14.8 Å². The zero-order chi connectivity index (χ0) is 16.2. The lowest BCUT2D eigenvalue weighted by molar-refractivity contribution is 0.0927. The van der Waals surface area contributed by atoms with Crippen LogP contribution >= 0.6 is 15.9 Å². The van der Waals surface area contributed by atoms with E-state index in [1.807, 2.05) is 16.8 Å². The summed E-state index contributed by atoms with van der Waals surface area (Å²) in [7, 11) is 4.12. The molecule has 0 saturated heterocycles. The second-order valence-electron chi connectivity index (χ2n) is 6.50. The lowest BCUT2D eigenvalue weighted by Gasteiger charge is -2.26. The van der Waals surface area contributed by atoms with Gasteiger partial charge in [-0.2, -0.15) is 0 Å². The minimum absolute atomic E-state index is 0.00925. The summed E-state index contributed by atoms with van der Waals surface area (Å²) in [5, 5.41) is 3.07. The minimum atomic E-state index is -0.00925. The van der Waals surface area contributed by atoms with Crippen LogP contribution in [0.25, 0.3) is 0 Å². The molecule has 1 N–H and O–H groups in total. The first kappa shape index (κ1) is 18.2. The number of likely N-dealkylation sites (N-methyl/N-ethyl adjacent to an activating group) is 1. The molecule has 4 nitrogen and oxygen atoms in total. The first-order valence-electron chi connectivity index (χ1n) is 7.54. The summed E-state index contributed by atoms with van der Waals surface area (Å²) in [6.07, 6.45) is 3.03. The van der Waals surface area contributed by atoms with Crippen molar-refractivity contribution in [3.05, 3.63) is 22.4 Å². The van der Waals surface area contributed by atoms with Gasteiger partial charge in [-0.25, -0.2) is 0 Å². The highest BCUT2D eigenvalue weighted by Crippen LogP contribution is 2.19. The van der Waals surface area contributed by atoms with Gasteiger partial charge in [0.05, 0.1) is 0 Å². The van der Waals surface area contributed by atoms with Gasteiger partial charge in [0.15, 0.2) is 0 Å². The van der Waals surface area contributed by atoms with Crippen LogP contribution < -0.4 is 5.32 Å². The van der Waals surface area contributed by atoms with Crippen molar-refractivity contribution in [2.75, 3.05) is 20.6 Å². The van der Waals surface area contributed by atoms with Crippen LogP contribution in [0.2, 0.25) is 0 Å². The van der Waals surface area contributed by atoms with Crippen molar-refractivity contribution in [2.24, 2.45) is 5.92 Å². The Kier molecular flexibility index (Phi) is 6.94. The lowest BCUT2D eigenvalue weighted by Crippen LogP contribution is -2.41. The topological polar surface area (TPSA) is 37.3 Å². The van der Waals surface area contributed by atoms with E-state index in [0.29, 0.717) is 24.2 Å². The van der Waals surface area contributed by atoms with Gasteiger partial charge in [0.25, 0.3) is 5.91 Å². The van der Waals surface area contributed by atoms with Crippen molar-refractivity contribution in [3.63, 3.8) is 0 Å². The quantitative estimate of drug-likeness (QED) is 0.810. The zero-order valence-corrected chi connectivity index (χ0v) is 15.6. The van der Waals surface area contributed by atoms with Crippen LogP contribution in [0.4, 0.5) is 0 Å². The Hall–Kier alpha value is -0.810. The van der Waals surface area contributed by atoms with Crippen molar-refractivity contribution >= 4 is 21.8 Å². The van der Waals surface area contributed by atoms with E-state index in [9.17, 15) is 4.79 Å². The summed E-state index contributed by atoms with van der Waals surface area (Å²) in [5.74, 6) is 0.605. The van der Waals surface area contributed by atoms with E-state index in [1.54, 1.807) is 0 Å². The molecule has 5 heteroatoms. The van der Waals surface area contributed by atoms with Gasteiger partial charge in [-0.05, 0) is 62.3 Å². The molecule has 0 aliphatic heterocycles. The Labute approximate surface area is 137 Å². The molecule has 1 aromatic heterocycles. The third kappa shape index (κ3) is 5.47. The SMILES string of the molecule is CC(C)CC(CNC(=O)c1cc(Br)cn1C(C)C)N(C)C. The average Bonchev–Trinajstić information content (AvgIpc) is 2.75. The Morgan fingerprint density at radius 1 is 1.33 bits per heavy atom. The third-order valence-electron chi connectivity index (χ3n) is 3.58. The smallest absolute Gasteiger partial charge is 0.268 e. The van der Waals surface area contributed by atoms with E-state index in [0.717, 1.165) is 10.9 Å². The van der Waals surface area contributed by atoms with Gasteiger partial charge < -0.3 is 14.8 Å². The van der Waals surface area contributed by atoms with Crippen LogP contribution in [0.1, 0.15) is 50.6 Å². The molecule has 0 aliphatic rings. The number of aromatic nitrogens is 1. The first-order valence-corrected chi connectivity index (χ1v) is 8.33. The molecule has 0 aliphatic carbocycles. The Morgan fingerprint density at radius 3 is 2.43 bits per heavy atom. The molecule has 1 unspecified atom stereocenters. The summed E-state index contributed by atoms with van der Waals surface area (Å²) in [6, 6.07) is 2.50. The highest BCUT2D eigenvalue weighted by Gasteiger charge is 2.18. The maximum absolute atomic E-state index is 12.4.